The number of nitrogens with one attached hydrogen (secondary N) is 2. The van der Waals surface area contributed by atoms with Gasteiger partial charge in [-0.2, -0.15) is 0 Å². The van der Waals surface area contributed by atoms with Crippen molar-refractivity contribution in [3.05, 3.63) is 34.6 Å². The Labute approximate surface area is 115 Å². The van der Waals surface area contributed by atoms with Crippen molar-refractivity contribution in [2.24, 2.45) is 0 Å². The summed E-state index contributed by atoms with van der Waals surface area (Å²) in [6.07, 6.45) is 3.97. The molecule has 7 nitrogen and oxygen atoms in total. The molecule has 0 bridgehead atoms. The van der Waals surface area contributed by atoms with E-state index in [-0.39, 0.29) is 5.69 Å². The van der Waals surface area contributed by atoms with Crippen LogP contribution in [0.2, 0.25) is 0 Å². The Bertz CT molecular complexity index is 642. The van der Waals surface area contributed by atoms with E-state index in [4.69, 9.17) is 0 Å². The number of rotatable bonds is 6. The average molecular weight is 273 g/mol. The van der Waals surface area contributed by atoms with Gasteiger partial charge < -0.3 is 10.6 Å². The van der Waals surface area contributed by atoms with Crippen molar-refractivity contribution in [3.8, 4) is 0 Å². The third-order valence-corrected chi connectivity index (χ3v) is 3.26. The smallest absolute Gasteiger partial charge is 0.270 e. The molecule has 0 spiro atoms. The molecule has 0 aliphatic heterocycles. The molecule has 1 aromatic carbocycles. The van der Waals surface area contributed by atoms with Gasteiger partial charge in [0.15, 0.2) is 0 Å². The van der Waals surface area contributed by atoms with Crippen LogP contribution in [0.1, 0.15) is 12.8 Å². The molecule has 104 valence electrons. The van der Waals surface area contributed by atoms with Crippen LogP contribution < -0.4 is 10.6 Å². The number of hydrogen-bond acceptors (Lipinski definition) is 6. The van der Waals surface area contributed by atoms with E-state index in [9.17, 15) is 10.1 Å². The Morgan fingerprint density at radius 1 is 1.30 bits per heavy atom. The molecule has 1 heterocycles. The van der Waals surface area contributed by atoms with Gasteiger partial charge in [0.2, 0.25) is 0 Å². The third kappa shape index (κ3) is 2.83. The lowest BCUT2D eigenvalue weighted by Gasteiger charge is -2.08. The summed E-state index contributed by atoms with van der Waals surface area (Å²) in [7, 11) is 0. The van der Waals surface area contributed by atoms with Gasteiger partial charge in [-0.05, 0) is 18.9 Å². The Morgan fingerprint density at radius 2 is 2.15 bits per heavy atom. The van der Waals surface area contributed by atoms with Crippen LogP contribution in [-0.2, 0) is 0 Å². The molecule has 1 aromatic heterocycles. The predicted molar refractivity (Wildman–Crippen MR) is 75.7 cm³/mol. The maximum Gasteiger partial charge on any atom is 0.270 e. The summed E-state index contributed by atoms with van der Waals surface area (Å²) >= 11 is 0. The second-order valence-electron chi connectivity index (χ2n) is 4.84. The Morgan fingerprint density at radius 3 is 2.90 bits per heavy atom. The normalized spacial score (nSPS) is 14.4. The summed E-state index contributed by atoms with van der Waals surface area (Å²) in [5.41, 5.74) is 0.745. The molecule has 0 amide bonds. The first-order valence-electron chi connectivity index (χ1n) is 6.60. The SMILES string of the molecule is O=[N+]([O-])c1ccc2ncnc(NCCNC3CC3)c2c1. The van der Waals surface area contributed by atoms with Crippen LogP contribution in [0.4, 0.5) is 11.5 Å². The quantitative estimate of drug-likeness (QED) is 0.473. The van der Waals surface area contributed by atoms with E-state index < -0.39 is 4.92 Å². The highest BCUT2D eigenvalue weighted by Crippen LogP contribution is 2.24. The summed E-state index contributed by atoms with van der Waals surface area (Å²) in [4.78, 5) is 18.7. The zero-order chi connectivity index (χ0) is 13.9. The summed E-state index contributed by atoms with van der Waals surface area (Å²) < 4.78 is 0. The second kappa shape index (κ2) is 5.38. The molecule has 0 unspecified atom stereocenters. The van der Waals surface area contributed by atoms with Gasteiger partial charge in [0, 0.05) is 36.7 Å². The Balaban J connectivity index is 1.77. The Kier molecular flexibility index (Phi) is 3.42. The molecule has 0 atom stereocenters. The minimum atomic E-state index is -0.412. The van der Waals surface area contributed by atoms with Crippen LogP contribution in [0.25, 0.3) is 10.9 Å². The van der Waals surface area contributed by atoms with Crippen LogP contribution in [0.5, 0.6) is 0 Å². The fourth-order valence-corrected chi connectivity index (χ4v) is 2.04. The Hall–Kier alpha value is -2.28. The van der Waals surface area contributed by atoms with Gasteiger partial charge in [-0.3, -0.25) is 10.1 Å². The molecule has 2 aromatic rings. The van der Waals surface area contributed by atoms with Crippen LogP contribution >= 0.6 is 0 Å². The van der Waals surface area contributed by atoms with Gasteiger partial charge in [-0.15, -0.1) is 0 Å². The number of aromatic nitrogens is 2. The van der Waals surface area contributed by atoms with Crippen molar-refractivity contribution in [2.45, 2.75) is 18.9 Å². The number of benzene rings is 1. The molecule has 1 aliphatic carbocycles. The van der Waals surface area contributed by atoms with Gasteiger partial charge in [0.1, 0.15) is 12.1 Å². The standard InChI is InChI=1S/C13H15N5O2/c19-18(20)10-3-4-12-11(7-10)13(17-8-16-12)15-6-5-14-9-1-2-9/h3-4,7-9,14H,1-2,5-6H2,(H,15,16,17). The maximum absolute atomic E-state index is 10.8. The van der Waals surface area contributed by atoms with E-state index in [1.165, 1.54) is 31.3 Å². The molecular weight excluding hydrogens is 258 g/mol. The van der Waals surface area contributed by atoms with Crippen molar-refractivity contribution >= 4 is 22.4 Å². The minimum Gasteiger partial charge on any atom is -0.368 e. The fraction of sp³-hybridized carbons (Fsp3) is 0.385. The average Bonchev–Trinajstić information content (AvgIpc) is 3.27. The van der Waals surface area contributed by atoms with Gasteiger partial charge >= 0.3 is 0 Å². The highest BCUT2D eigenvalue weighted by Gasteiger charge is 2.19. The second-order valence-corrected chi connectivity index (χ2v) is 4.84. The number of nitro benzene ring substituents is 1. The predicted octanol–water partition coefficient (Wildman–Crippen LogP) is 1.70. The van der Waals surface area contributed by atoms with Gasteiger partial charge in [0.05, 0.1) is 10.4 Å². The number of non-ortho nitro benzene ring substituents is 1. The molecule has 3 rings (SSSR count). The van der Waals surface area contributed by atoms with Gasteiger partial charge in [-0.1, -0.05) is 0 Å². The van der Waals surface area contributed by atoms with E-state index in [1.807, 2.05) is 0 Å². The lowest BCUT2D eigenvalue weighted by molar-refractivity contribution is -0.384. The monoisotopic (exact) mass is 273 g/mol. The zero-order valence-corrected chi connectivity index (χ0v) is 10.9. The van der Waals surface area contributed by atoms with E-state index in [2.05, 4.69) is 20.6 Å². The van der Waals surface area contributed by atoms with Gasteiger partial charge in [-0.25, -0.2) is 9.97 Å². The zero-order valence-electron chi connectivity index (χ0n) is 10.9. The molecule has 20 heavy (non-hydrogen) atoms. The molecule has 1 saturated carbocycles. The number of nitro groups is 1. The van der Waals surface area contributed by atoms with Crippen LogP contribution in [-0.4, -0.2) is 34.0 Å². The number of anilines is 1. The first kappa shape index (κ1) is 12.7. The van der Waals surface area contributed by atoms with Crippen molar-refractivity contribution in [1.29, 1.82) is 0 Å². The molecular formula is C13H15N5O2. The van der Waals surface area contributed by atoms with E-state index in [0.717, 1.165) is 13.1 Å². The van der Waals surface area contributed by atoms with Crippen molar-refractivity contribution in [3.63, 3.8) is 0 Å². The summed E-state index contributed by atoms with van der Waals surface area (Å²) in [6.45, 7) is 1.58. The van der Waals surface area contributed by atoms with E-state index >= 15 is 0 Å². The van der Waals surface area contributed by atoms with Crippen molar-refractivity contribution < 1.29 is 4.92 Å². The third-order valence-electron chi connectivity index (χ3n) is 3.26. The number of nitrogens with zero attached hydrogens (tertiary/aromatic N) is 3. The van der Waals surface area contributed by atoms with Crippen LogP contribution in [0, 0.1) is 10.1 Å². The molecule has 0 radical (unpaired) electrons. The molecule has 1 fully saturated rings. The lowest BCUT2D eigenvalue weighted by atomic mass is 10.2. The first-order valence-corrected chi connectivity index (χ1v) is 6.60. The van der Waals surface area contributed by atoms with Crippen LogP contribution in [0.3, 0.4) is 0 Å². The summed E-state index contributed by atoms with van der Waals surface area (Å²) in [5.74, 6) is 0.635. The minimum absolute atomic E-state index is 0.0476. The van der Waals surface area contributed by atoms with E-state index in [1.54, 1.807) is 6.07 Å². The van der Waals surface area contributed by atoms with E-state index in [0.29, 0.717) is 22.8 Å². The molecule has 0 saturated heterocycles. The number of hydrogen-bond donors (Lipinski definition) is 2. The highest BCUT2D eigenvalue weighted by molar-refractivity contribution is 5.90. The topological polar surface area (TPSA) is 93.0 Å². The molecule has 7 heteroatoms. The largest absolute Gasteiger partial charge is 0.368 e. The summed E-state index contributed by atoms with van der Waals surface area (Å²) in [5, 5.41) is 18.1. The molecule has 1 aliphatic rings. The summed E-state index contributed by atoms with van der Waals surface area (Å²) in [6, 6.07) is 5.27. The first-order chi connectivity index (χ1) is 9.74. The van der Waals surface area contributed by atoms with Crippen molar-refractivity contribution in [1.82, 2.24) is 15.3 Å². The fourth-order valence-electron chi connectivity index (χ4n) is 2.04. The van der Waals surface area contributed by atoms with Crippen LogP contribution in [0.15, 0.2) is 24.5 Å². The maximum atomic E-state index is 10.8. The molecule has 2 N–H and O–H groups in total. The highest BCUT2D eigenvalue weighted by atomic mass is 16.6. The van der Waals surface area contributed by atoms with Gasteiger partial charge in [0.25, 0.3) is 5.69 Å². The number of fused-ring (bicyclic) bond motifs is 1. The lowest BCUT2D eigenvalue weighted by Crippen LogP contribution is -2.24. The van der Waals surface area contributed by atoms with Crippen molar-refractivity contribution in [2.75, 3.05) is 18.4 Å².